The van der Waals surface area contributed by atoms with Crippen molar-refractivity contribution in [2.45, 2.75) is 19.6 Å². The number of para-hydroxylation sites is 1. The smallest absolute Gasteiger partial charge is 0.265 e. The lowest BCUT2D eigenvalue weighted by atomic mass is 10.2. The first-order chi connectivity index (χ1) is 14.0. The van der Waals surface area contributed by atoms with Crippen LogP contribution in [0.15, 0.2) is 78.9 Å². The van der Waals surface area contributed by atoms with Crippen LogP contribution in [0.25, 0.3) is 0 Å². The summed E-state index contributed by atoms with van der Waals surface area (Å²) in [6, 6.07) is 22.0. The number of carbonyl (C=O) groups excluding carboxylic acids is 2. The van der Waals surface area contributed by atoms with Gasteiger partial charge in [-0.2, -0.15) is 0 Å². The molecule has 3 aromatic rings. The van der Waals surface area contributed by atoms with Crippen LogP contribution in [-0.2, 0) is 11.3 Å². The molecular weight excluding hydrogens is 371 g/mol. The zero-order chi connectivity index (χ0) is 20.6. The van der Waals surface area contributed by atoms with Crippen LogP contribution < -0.4 is 15.4 Å². The molecule has 29 heavy (non-hydrogen) atoms. The quantitative estimate of drug-likeness (QED) is 0.634. The number of rotatable bonds is 7. The van der Waals surface area contributed by atoms with Gasteiger partial charge in [0.15, 0.2) is 6.10 Å². The zero-order valence-corrected chi connectivity index (χ0v) is 15.9. The number of hydrogen-bond acceptors (Lipinski definition) is 3. The Kier molecular flexibility index (Phi) is 6.58. The third-order valence-electron chi connectivity index (χ3n) is 4.21. The molecule has 0 spiro atoms. The maximum atomic E-state index is 13.7. The van der Waals surface area contributed by atoms with Gasteiger partial charge in [0.2, 0.25) is 0 Å². The van der Waals surface area contributed by atoms with Gasteiger partial charge in [-0.25, -0.2) is 4.39 Å². The molecule has 0 aliphatic rings. The molecule has 1 atom stereocenters. The number of hydrogen-bond donors (Lipinski definition) is 2. The Morgan fingerprint density at radius 2 is 1.69 bits per heavy atom. The summed E-state index contributed by atoms with van der Waals surface area (Å²) in [6.07, 6.45) is -0.878. The third kappa shape index (κ3) is 5.65. The molecule has 0 saturated heterocycles. The minimum Gasteiger partial charge on any atom is -0.481 e. The number of ether oxygens (including phenoxy) is 1. The molecule has 3 aromatic carbocycles. The van der Waals surface area contributed by atoms with E-state index in [4.69, 9.17) is 4.74 Å². The lowest BCUT2D eigenvalue weighted by Gasteiger charge is -2.15. The lowest BCUT2D eigenvalue weighted by Crippen LogP contribution is -2.30. The van der Waals surface area contributed by atoms with E-state index in [2.05, 4.69) is 10.6 Å². The van der Waals surface area contributed by atoms with Crippen molar-refractivity contribution in [3.63, 3.8) is 0 Å². The predicted octanol–water partition coefficient (Wildman–Crippen LogP) is 4.16. The van der Waals surface area contributed by atoms with Crippen molar-refractivity contribution in [2.24, 2.45) is 0 Å². The van der Waals surface area contributed by atoms with Gasteiger partial charge in [-0.05, 0) is 42.8 Å². The number of amides is 2. The molecule has 2 N–H and O–H groups in total. The average Bonchev–Trinajstić information content (AvgIpc) is 2.74. The Hall–Kier alpha value is -3.67. The van der Waals surface area contributed by atoms with E-state index >= 15 is 0 Å². The monoisotopic (exact) mass is 392 g/mol. The molecule has 3 rings (SSSR count). The molecule has 0 unspecified atom stereocenters. The van der Waals surface area contributed by atoms with Crippen LogP contribution in [0.1, 0.15) is 22.8 Å². The Bertz CT molecular complexity index is 992. The Labute approximate surface area is 168 Å². The van der Waals surface area contributed by atoms with Gasteiger partial charge in [0.1, 0.15) is 11.6 Å². The van der Waals surface area contributed by atoms with E-state index < -0.39 is 17.8 Å². The van der Waals surface area contributed by atoms with E-state index in [1.807, 2.05) is 30.3 Å². The highest BCUT2D eigenvalue weighted by Crippen LogP contribution is 2.17. The summed E-state index contributed by atoms with van der Waals surface area (Å²) >= 11 is 0. The van der Waals surface area contributed by atoms with E-state index in [-0.39, 0.29) is 11.6 Å². The molecule has 148 valence electrons. The normalized spacial score (nSPS) is 11.4. The van der Waals surface area contributed by atoms with Crippen molar-refractivity contribution in [1.29, 1.82) is 0 Å². The van der Waals surface area contributed by atoms with Crippen LogP contribution in [0.2, 0.25) is 0 Å². The molecule has 0 saturated carbocycles. The van der Waals surface area contributed by atoms with Crippen LogP contribution in [0, 0.1) is 5.82 Å². The highest BCUT2D eigenvalue weighted by molar-refractivity contribution is 5.95. The number of carbonyl (C=O) groups is 2. The van der Waals surface area contributed by atoms with Crippen LogP contribution in [0.4, 0.5) is 10.1 Å². The van der Waals surface area contributed by atoms with Gasteiger partial charge in [0.25, 0.3) is 11.8 Å². The maximum Gasteiger partial charge on any atom is 0.265 e. The van der Waals surface area contributed by atoms with Crippen molar-refractivity contribution in [3.8, 4) is 5.75 Å². The second kappa shape index (κ2) is 9.50. The lowest BCUT2D eigenvalue weighted by molar-refractivity contribution is -0.122. The largest absolute Gasteiger partial charge is 0.481 e. The summed E-state index contributed by atoms with van der Waals surface area (Å²) in [6.45, 7) is 1.96. The Morgan fingerprint density at radius 1 is 0.966 bits per heavy atom. The van der Waals surface area contributed by atoms with Crippen LogP contribution >= 0.6 is 0 Å². The number of nitrogens with one attached hydrogen (secondary N) is 2. The molecule has 0 heterocycles. The SMILES string of the molecule is C[C@@H](Oc1cccc(C(=O)NCc2ccccc2)c1)C(=O)Nc1ccccc1F. The Morgan fingerprint density at radius 3 is 2.45 bits per heavy atom. The van der Waals surface area contributed by atoms with Gasteiger partial charge in [-0.1, -0.05) is 48.5 Å². The molecule has 0 radical (unpaired) electrons. The number of anilines is 1. The highest BCUT2D eigenvalue weighted by atomic mass is 19.1. The summed E-state index contributed by atoms with van der Waals surface area (Å²) in [4.78, 5) is 24.6. The first kappa shape index (κ1) is 20.1. The molecular formula is C23H21FN2O3. The van der Waals surface area contributed by atoms with Crippen molar-refractivity contribution in [1.82, 2.24) is 5.32 Å². The van der Waals surface area contributed by atoms with Gasteiger partial charge in [-0.15, -0.1) is 0 Å². The predicted molar refractivity (Wildman–Crippen MR) is 109 cm³/mol. The zero-order valence-electron chi connectivity index (χ0n) is 15.9. The summed E-state index contributed by atoms with van der Waals surface area (Å²) in [5.41, 5.74) is 1.49. The van der Waals surface area contributed by atoms with E-state index in [9.17, 15) is 14.0 Å². The fraction of sp³-hybridized carbons (Fsp3) is 0.130. The molecule has 2 amide bonds. The van der Waals surface area contributed by atoms with Crippen molar-refractivity contribution < 1.29 is 18.7 Å². The molecule has 0 fully saturated rings. The van der Waals surface area contributed by atoms with Gasteiger partial charge < -0.3 is 15.4 Å². The third-order valence-corrected chi connectivity index (χ3v) is 4.21. The summed E-state index contributed by atoms with van der Waals surface area (Å²) in [7, 11) is 0. The van der Waals surface area contributed by atoms with Gasteiger partial charge in [0, 0.05) is 12.1 Å². The fourth-order valence-electron chi connectivity index (χ4n) is 2.65. The molecule has 5 nitrogen and oxygen atoms in total. The molecule has 0 bridgehead atoms. The first-order valence-corrected chi connectivity index (χ1v) is 9.17. The second-order valence-electron chi connectivity index (χ2n) is 6.43. The van der Waals surface area contributed by atoms with Crippen LogP contribution in [0.3, 0.4) is 0 Å². The minimum absolute atomic E-state index is 0.0852. The van der Waals surface area contributed by atoms with E-state index in [0.717, 1.165) is 5.56 Å². The first-order valence-electron chi connectivity index (χ1n) is 9.17. The fourth-order valence-corrected chi connectivity index (χ4v) is 2.65. The average molecular weight is 392 g/mol. The number of benzene rings is 3. The van der Waals surface area contributed by atoms with Gasteiger partial charge in [-0.3, -0.25) is 9.59 Å². The number of halogens is 1. The summed E-state index contributed by atoms with van der Waals surface area (Å²) in [5, 5.41) is 5.33. The van der Waals surface area contributed by atoms with E-state index in [1.165, 1.54) is 12.1 Å². The molecule has 0 aliphatic carbocycles. The van der Waals surface area contributed by atoms with Crippen molar-refractivity contribution >= 4 is 17.5 Å². The van der Waals surface area contributed by atoms with Gasteiger partial charge >= 0.3 is 0 Å². The highest BCUT2D eigenvalue weighted by Gasteiger charge is 2.17. The van der Waals surface area contributed by atoms with E-state index in [0.29, 0.717) is 17.9 Å². The summed E-state index contributed by atoms with van der Waals surface area (Å²) < 4.78 is 19.3. The van der Waals surface area contributed by atoms with Crippen LogP contribution in [-0.4, -0.2) is 17.9 Å². The minimum atomic E-state index is -0.878. The second-order valence-corrected chi connectivity index (χ2v) is 6.43. The standard InChI is InChI=1S/C23H21FN2O3/c1-16(22(27)26-21-13-6-5-12-20(21)24)29-19-11-7-10-18(14-19)23(28)25-15-17-8-3-2-4-9-17/h2-14,16H,15H2,1H3,(H,25,28)(H,26,27)/t16-/m1/s1. The summed E-state index contributed by atoms with van der Waals surface area (Å²) in [5.74, 6) is -0.893. The molecule has 0 aromatic heterocycles. The van der Waals surface area contributed by atoms with E-state index in [1.54, 1.807) is 43.3 Å². The van der Waals surface area contributed by atoms with Crippen molar-refractivity contribution in [2.75, 3.05) is 5.32 Å². The van der Waals surface area contributed by atoms with Crippen LogP contribution in [0.5, 0.6) is 5.75 Å². The maximum absolute atomic E-state index is 13.7. The molecule has 6 heteroatoms. The topological polar surface area (TPSA) is 67.4 Å². The molecule has 0 aliphatic heterocycles. The van der Waals surface area contributed by atoms with Crippen molar-refractivity contribution in [3.05, 3.63) is 95.8 Å². The Balaban J connectivity index is 1.59. The van der Waals surface area contributed by atoms with Gasteiger partial charge in [0.05, 0.1) is 5.69 Å².